The highest BCUT2D eigenvalue weighted by Gasteiger charge is 2.24. The van der Waals surface area contributed by atoms with E-state index >= 15 is 0 Å². The van der Waals surface area contributed by atoms with E-state index in [2.05, 4.69) is 0 Å². The number of para-hydroxylation sites is 1. The first kappa shape index (κ1) is 12.0. The van der Waals surface area contributed by atoms with Crippen molar-refractivity contribution in [1.82, 2.24) is 0 Å². The van der Waals surface area contributed by atoms with E-state index in [0.717, 1.165) is 17.7 Å². The van der Waals surface area contributed by atoms with Crippen LogP contribution in [-0.4, -0.2) is 20.8 Å². The molecule has 1 rings (SSSR count). The smallest absolute Gasteiger partial charge is 0.123 e. The van der Waals surface area contributed by atoms with Gasteiger partial charge in [0.05, 0.1) is 7.11 Å². The molecule has 0 saturated heterocycles. The zero-order valence-electron chi connectivity index (χ0n) is 9.62. The molecule has 3 nitrogen and oxygen atoms in total. The van der Waals surface area contributed by atoms with Crippen molar-refractivity contribution in [3.05, 3.63) is 29.8 Å². The predicted octanol–water partition coefficient (Wildman–Crippen LogP) is 1.91. The Morgan fingerprint density at radius 3 is 2.53 bits per heavy atom. The molecular weight excluding hydrogens is 190 g/mol. The molecule has 84 valence electrons. The molecule has 0 radical (unpaired) electrons. The maximum absolute atomic E-state index is 6.24. The summed E-state index contributed by atoms with van der Waals surface area (Å²) in [6.07, 6.45) is 0.768. The fraction of sp³-hybridized carbons (Fsp3) is 0.500. The van der Waals surface area contributed by atoms with Crippen LogP contribution in [0.3, 0.4) is 0 Å². The maximum atomic E-state index is 6.24. The molecule has 0 saturated carbocycles. The van der Waals surface area contributed by atoms with Crippen LogP contribution in [0.4, 0.5) is 0 Å². The van der Waals surface area contributed by atoms with Crippen LogP contribution in [0.5, 0.6) is 5.75 Å². The molecule has 1 aromatic carbocycles. The van der Waals surface area contributed by atoms with Crippen molar-refractivity contribution in [2.75, 3.05) is 20.8 Å². The third-order valence-corrected chi connectivity index (χ3v) is 2.55. The van der Waals surface area contributed by atoms with Gasteiger partial charge >= 0.3 is 0 Å². The molecule has 1 atom stereocenters. The van der Waals surface area contributed by atoms with Crippen molar-refractivity contribution in [3.63, 3.8) is 0 Å². The van der Waals surface area contributed by atoms with Gasteiger partial charge in [-0.3, -0.25) is 0 Å². The topological polar surface area (TPSA) is 44.5 Å². The van der Waals surface area contributed by atoms with Crippen molar-refractivity contribution >= 4 is 0 Å². The zero-order chi connectivity index (χ0) is 11.3. The van der Waals surface area contributed by atoms with E-state index in [1.54, 1.807) is 14.2 Å². The summed E-state index contributed by atoms with van der Waals surface area (Å²) < 4.78 is 10.3. The van der Waals surface area contributed by atoms with Crippen molar-refractivity contribution in [2.45, 2.75) is 18.9 Å². The lowest BCUT2D eigenvalue weighted by Gasteiger charge is -2.26. The van der Waals surface area contributed by atoms with Crippen LogP contribution in [0, 0.1) is 0 Å². The summed E-state index contributed by atoms with van der Waals surface area (Å²) in [6.45, 7) is 2.63. The van der Waals surface area contributed by atoms with Gasteiger partial charge in [0, 0.05) is 24.8 Å². The van der Waals surface area contributed by atoms with Crippen LogP contribution in [0.1, 0.15) is 18.9 Å². The number of hydrogen-bond acceptors (Lipinski definition) is 3. The quantitative estimate of drug-likeness (QED) is 0.805. The summed E-state index contributed by atoms with van der Waals surface area (Å²) in [4.78, 5) is 0. The number of nitrogens with two attached hydrogens (primary N) is 1. The summed E-state index contributed by atoms with van der Waals surface area (Å²) in [7, 11) is 3.34. The van der Waals surface area contributed by atoms with E-state index in [4.69, 9.17) is 15.2 Å². The summed E-state index contributed by atoms with van der Waals surface area (Å²) in [6, 6.07) is 7.83. The molecule has 0 aliphatic rings. The van der Waals surface area contributed by atoms with Gasteiger partial charge in [-0.2, -0.15) is 0 Å². The maximum Gasteiger partial charge on any atom is 0.123 e. The summed E-state index contributed by atoms with van der Waals surface area (Å²) in [5, 5.41) is 0. The molecule has 0 spiro atoms. The largest absolute Gasteiger partial charge is 0.496 e. The Labute approximate surface area is 91.2 Å². The minimum absolute atomic E-state index is 0.414. The summed E-state index contributed by atoms with van der Waals surface area (Å²) in [5.41, 5.74) is 6.84. The Kier molecular flexibility index (Phi) is 4.12. The SMILES string of the molecule is COCCC(C)(N)c1ccccc1OC. The van der Waals surface area contributed by atoms with Gasteiger partial charge in [-0.1, -0.05) is 18.2 Å². The lowest BCUT2D eigenvalue weighted by atomic mass is 9.89. The van der Waals surface area contributed by atoms with Gasteiger partial charge in [0.15, 0.2) is 0 Å². The first-order valence-corrected chi connectivity index (χ1v) is 5.03. The molecule has 2 N–H and O–H groups in total. The number of hydrogen-bond donors (Lipinski definition) is 1. The summed E-state index contributed by atoms with van der Waals surface area (Å²) in [5.74, 6) is 0.832. The molecule has 0 aromatic heterocycles. The molecule has 0 fully saturated rings. The number of benzene rings is 1. The van der Waals surface area contributed by atoms with E-state index in [1.165, 1.54) is 0 Å². The van der Waals surface area contributed by atoms with E-state index in [0.29, 0.717) is 6.61 Å². The van der Waals surface area contributed by atoms with E-state index in [9.17, 15) is 0 Å². The third kappa shape index (κ3) is 2.94. The van der Waals surface area contributed by atoms with Gasteiger partial charge in [-0.25, -0.2) is 0 Å². The second kappa shape index (κ2) is 5.14. The van der Waals surface area contributed by atoms with Crippen LogP contribution in [0.25, 0.3) is 0 Å². The molecule has 0 heterocycles. The van der Waals surface area contributed by atoms with Gasteiger partial charge in [0.25, 0.3) is 0 Å². The van der Waals surface area contributed by atoms with Crippen LogP contribution in [0.15, 0.2) is 24.3 Å². The molecule has 3 heteroatoms. The van der Waals surface area contributed by atoms with Gasteiger partial charge in [-0.05, 0) is 19.4 Å². The lowest BCUT2D eigenvalue weighted by Crippen LogP contribution is -2.34. The minimum atomic E-state index is -0.414. The molecule has 0 amide bonds. The van der Waals surface area contributed by atoms with Gasteiger partial charge in [0.1, 0.15) is 5.75 Å². The van der Waals surface area contributed by atoms with Crippen LogP contribution >= 0.6 is 0 Å². The Morgan fingerprint density at radius 2 is 1.93 bits per heavy atom. The highest BCUT2D eigenvalue weighted by molar-refractivity contribution is 5.38. The van der Waals surface area contributed by atoms with Crippen LogP contribution in [-0.2, 0) is 10.3 Å². The van der Waals surface area contributed by atoms with Gasteiger partial charge < -0.3 is 15.2 Å². The highest BCUT2D eigenvalue weighted by atomic mass is 16.5. The Bertz CT molecular complexity index is 310. The molecule has 0 aliphatic heterocycles. The van der Waals surface area contributed by atoms with E-state index in [1.807, 2.05) is 31.2 Å². The standard InChI is InChI=1S/C12H19NO2/c1-12(13,8-9-14-2)10-6-4-5-7-11(10)15-3/h4-7H,8-9,13H2,1-3H3. The van der Waals surface area contributed by atoms with Crippen molar-refractivity contribution in [3.8, 4) is 5.75 Å². The van der Waals surface area contributed by atoms with Gasteiger partial charge in [0.2, 0.25) is 0 Å². The number of methoxy groups -OCH3 is 2. The van der Waals surface area contributed by atoms with Crippen LogP contribution < -0.4 is 10.5 Å². The minimum Gasteiger partial charge on any atom is -0.496 e. The highest BCUT2D eigenvalue weighted by Crippen LogP contribution is 2.29. The van der Waals surface area contributed by atoms with Crippen molar-refractivity contribution in [2.24, 2.45) is 5.73 Å². The summed E-state index contributed by atoms with van der Waals surface area (Å²) >= 11 is 0. The zero-order valence-corrected chi connectivity index (χ0v) is 9.62. The molecule has 15 heavy (non-hydrogen) atoms. The molecule has 0 bridgehead atoms. The first-order chi connectivity index (χ1) is 7.11. The Balaban J connectivity index is 2.92. The second-order valence-corrected chi connectivity index (χ2v) is 3.86. The fourth-order valence-corrected chi connectivity index (χ4v) is 1.57. The monoisotopic (exact) mass is 209 g/mol. The third-order valence-electron chi connectivity index (χ3n) is 2.55. The van der Waals surface area contributed by atoms with E-state index in [-0.39, 0.29) is 0 Å². The predicted molar refractivity (Wildman–Crippen MR) is 61.0 cm³/mol. The van der Waals surface area contributed by atoms with Gasteiger partial charge in [-0.15, -0.1) is 0 Å². The number of rotatable bonds is 5. The Hall–Kier alpha value is -1.06. The van der Waals surface area contributed by atoms with Crippen LogP contribution in [0.2, 0.25) is 0 Å². The number of ether oxygens (including phenoxy) is 2. The van der Waals surface area contributed by atoms with E-state index < -0.39 is 5.54 Å². The molecule has 0 aliphatic carbocycles. The molecular formula is C12H19NO2. The van der Waals surface area contributed by atoms with Crippen molar-refractivity contribution < 1.29 is 9.47 Å². The molecule has 1 aromatic rings. The molecule has 1 unspecified atom stereocenters. The fourth-order valence-electron chi connectivity index (χ4n) is 1.57. The van der Waals surface area contributed by atoms with Crippen molar-refractivity contribution in [1.29, 1.82) is 0 Å². The second-order valence-electron chi connectivity index (χ2n) is 3.86. The Morgan fingerprint density at radius 1 is 1.27 bits per heavy atom. The first-order valence-electron chi connectivity index (χ1n) is 5.03. The lowest BCUT2D eigenvalue weighted by molar-refractivity contribution is 0.171. The average Bonchev–Trinajstić information content (AvgIpc) is 2.26. The average molecular weight is 209 g/mol. The normalized spacial score (nSPS) is 14.7.